The summed E-state index contributed by atoms with van der Waals surface area (Å²) < 4.78 is 45.1. The van der Waals surface area contributed by atoms with E-state index in [9.17, 15) is 24.1 Å². The third-order valence-corrected chi connectivity index (χ3v) is 7.27. The van der Waals surface area contributed by atoms with Crippen molar-refractivity contribution in [2.45, 2.75) is 44.0 Å². The van der Waals surface area contributed by atoms with Gasteiger partial charge in [-0.25, -0.2) is 9.18 Å². The summed E-state index contributed by atoms with van der Waals surface area (Å²) in [5, 5.41) is 12.1. The van der Waals surface area contributed by atoms with E-state index in [1.54, 1.807) is 24.3 Å². The number of nitrogens with zero attached hydrogens (tertiary/aromatic N) is 2. The van der Waals surface area contributed by atoms with Crippen LogP contribution in [0.15, 0.2) is 64.3 Å². The standard InChI is InChI=1S/C24H25FN3O9P/c1-14(21(31)34-3)28(37-17-10-6-8-15-7-4-5-9-16(15)17)38(33)35-13-18-20(30)24(2,25)22(36-18)27-12-11-19(29)26-23(27)32/h4-12,14,18,20,22,30H,13H2,1-3H3/p+1/t14?,18-,20-,22-,24-/m1/s1. The number of carbonyl (C=O) groups is 1. The van der Waals surface area contributed by atoms with Gasteiger partial charge in [0.15, 0.2) is 23.7 Å². The number of hydroxylamine groups is 1. The molecule has 2 N–H and O–H groups in total. The molecule has 1 saturated heterocycles. The summed E-state index contributed by atoms with van der Waals surface area (Å²) in [6.07, 6.45) is -3.72. The smallest absolute Gasteiger partial charge is 0.468 e. The van der Waals surface area contributed by atoms with E-state index in [4.69, 9.17) is 18.8 Å². The quantitative estimate of drug-likeness (QED) is 0.231. The SMILES string of the molecule is COC(=O)C(C)N(Oc1cccc2ccccc12)[P+](=O)OC[C@H]1O[C@@H](n2ccc(=O)[nH]c2=O)[C@](C)(F)[C@@H]1O. The molecule has 2 heterocycles. The Balaban J connectivity index is 1.54. The number of halogens is 1. The summed E-state index contributed by atoms with van der Waals surface area (Å²) in [6.45, 7) is 1.83. The zero-order valence-corrected chi connectivity index (χ0v) is 21.5. The van der Waals surface area contributed by atoms with Crippen molar-refractivity contribution in [1.29, 1.82) is 0 Å². The van der Waals surface area contributed by atoms with E-state index in [0.717, 1.165) is 41.1 Å². The monoisotopic (exact) mass is 550 g/mol. The summed E-state index contributed by atoms with van der Waals surface area (Å²) >= 11 is 0. The number of esters is 1. The van der Waals surface area contributed by atoms with Crippen molar-refractivity contribution in [3.05, 3.63) is 75.6 Å². The van der Waals surface area contributed by atoms with Gasteiger partial charge in [-0.3, -0.25) is 19.1 Å². The molecule has 1 aliphatic heterocycles. The Labute approximate surface area is 216 Å². The number of carbonyl (C=O) groups excluding carboxylic acids is 1. The maximum Gasteiger partial charge on any atom is 0.653 e. The van der Waals surface area contributed by atoms with E-state index in [1.807, 2.05) is 23.2 Å². The highest BCUT2D eigenvalue weighted by molar-refractivity contribution is 7.36. The molecule has 3 aromatic rings. The van der Waals surface area contributed by atoms with Crippen molar-refractivity contribution in [1.82, 2.24) is 14.4 Å². The van der Waals surface area contributed by atoms with Crippen LogP contribution in [0.25, 0.3) is 10.8 Å². The van der Waals surface area contributed by atoms with E-state index in [1.165, 1.54) is 6.92 Å². The van der Waals surface area contributed by atoms with Gasteiger partial charge < -0.3 is 19.4 Å². The Bertz CT molecular complexity index is 1450. The number of aliphatic hydroxyl groups excluding tert-OH is 1. The van der Waals surface area contributed by atoms with Crippen LogP contribution < -0.4 is 16.1 Å². The average Bonchev–Trinajstić information content (AvgIpc) is 3.13. The zero-order chi connectivity index (χ0) is 27.6. The number of rotatable bonds is 9. The molecule has 12 nitrogen and oxygen atoms in total. The maximum absolute atomic E-state index is 15.4. The van der Waals surface area contributed by atoms with Crippen molar-refractivity contribution < 1.29 is 37.7 Å². The molecule has 2 aromatic carbocycles. The van der Waals surface area contributed by atoms with Crippen LogP contribution in [-0.2, 0) is 23.4 Å². The number of ether oxygens (including phenoxy) is 2. The van der Waals surface area contributed by atoms with E-state index in [-0.39, 0.29) is 5.75 Å². The highest BCUT2D eigenvalue weighted by atomic mass is 31.1. The van der Waals surface area contributed by atoms with Gasteiger partial charge in [0.25, 0.3) is 5.56 Å². The molecule has 6 atom stereocenters. The zero-order valence-electron chi connectivity index (χ0n) is 20.6. The van der Waals surface area contributed by atoms with E-state index in [0.29, 0.717) is 5.39 Å². The van der Waals surface area contributed by atoms with Crippen molar-refractivity contribution >= 4 is 24.9 Å². The first-order valence-corrected chi connectivity index (χ1v) is 12.6. The molecule has 1 aliphatic rings. The number of hydrogen-bond donors (Lipinski definition) is 2. The van der Waals surface area contributed by atoms with Crippen LogP contribution in [0.4, 0.5) is 4.39 Å². The predicted octanol–water partition coefficient (Wildman–Crippen LogP) is 2.21. The number of alkyl halides is 1. The fourth-order valence-electron chi connectivity index (χ4n) is 4.05. The topological polar surface area (TPSA) is 149 Å². The van der Waals surface area contributed by atoms with Gasteiger partial charge in [0.2, 0.25) is 0 Å². The van der Waals surface area contributed by atoms with Crippen molar-refractivity contribution in [2.75, 3.05) is 13.7 Å². The molecule has 0 aliphatic carbocycles. The molecule has 14 heteroatoms. The summed E-state index contributed by atoms with van der Waals surface area (Å²) in [4.78, 5) is 44.4. The minimum Gasteiger partial charge on any atom is -0.468 e. The van der Waals surface area contributed by atoms with Crippen molar-refractivity contribution in [3.8, 4) is 5.75 Å². The summed E-state index contributed by atoms with van der Waals surface area (Å²) in [5.74, 6) is -0.472. The Morgan fingerprint density at radius 3 is 2.68 bits per heavy atom. The van der Waals surface area contributed by atoms with Crippen LogP contribution in [0.3, 0.4) is 0 Å². The lowest BCUT2D eigenvalue weighted by atomic mass is 9.98. The van der Waals surface area contributed by atoms with Gasteiger partial charge in [-0.2, -0.15) is 0 Å². The molecular weight excluding hydrogens is 524 g/mol. The molecule has 38 heavy (non-hydrogen) atoms. The van der Waals surface area contributed by atoms with Crippen LogP contribution in [0, 0.1) is 0 Å². The van der Waals surface area contributed by atoms with Gasteiger partial charge in [0.1, 0.15) is 23.6 Å². The van der Waals surface area contributed by atoms with Crippen LogP contribution in [0.2, 0.25) is 0 Å². The molecule has 0 radical (unpaired) electrons. The summed E-state index contributed by atoms with van der Waals surface area (Å²) in [6, 6.07) is 12.3. The third kappa shape index (κ3) is 5.38. The van der Waals surface area contributed by atoms with Crippen molar-refractivity contribution in [3.63, 3.8) is 0 Å². The van der Waals surface area contributed by atoms with Gasteiger partial charge in [0, 0.05) is 17.6 Å². The minimum atomic E-state index is -2.92. The van der Waals surface area contributed by atoms with Crippen molar-refractivity contribution in [2.24, 2.45) is 0 Å². The molecule has 202 valence electrons. The number of hydrogen-bond acceptors (Lipinski definition) is 9. The molecule has 0 amide bonds. The number of aromatic amines is 1. The van der Waals surface area contributed by atoms with Crippen LogP contribution in [0.5, 0.6) is 5.75 Å². The second-order valence-corrected chi connectivity index (χ2v) is 9.87. The van der Waals surface area contributed by atoms with Crippen LogP contribution in [-0.4, -0.2) is 63.1 Å². The normalized spacial score (nSPS) is 24.4. The lowest BCUT2D eigenvalue weighted by Gasteiger charge is -2.24. The molecule has 0 spiro atoms. The molecule has 0 saturated carbocycles. The highest BCUT2D eigenvalue weighted by Gasteiger charge is 2.56. The number of H-pyrrole nitrogens is 1. The second kappa shape index (κ2) is 11.1. The number of methoxy groups -OCH3 is 1. The first-order valence-electron chi connectivity index (χ1n) is 11.5. The molecule has 4 rings (SSSR count). The molecular formula is C24H26FN3O9P+. The third-order valence-electron chi connectivity index (χ3n) is 6.15. The van der Waals surface area contributed by atoms with Crippen LogP contribution in [0.1, 0.15) is 20.1 Å². The Morgan fingerprint density at radius 2 is 1.97 bits per heavy atom. The maximum atomic E-state index is 15.4. The lowest BCUT2D eigenvalue weighted by molar-refractivity contribution is -0.152. The van der Waals surface area contributed by atoms with Gasteiger partial charge in [0.05, 0.1) is 7.11 Å². The fraction of sp³-hybridized carbons (Fsp3) is 0.375. The number of benzene rings is 2. The largest absolute Gasteiger partial charge is 0.653 e. The second-order valence-electron chi connectivity index (χ2n) is 8.74. The van der Waals surface area contributed by atoms with E-state index >= 15 is 4.39 Å². The van der Waals surface area contributed by atoms with E-state index < -0.39 is 62.2 Å². The highest BCUT2D eigenvalue weighted by Crippen LogP contribution is 2.42. The molecule has 0 bridgehead atoms. The van der Waals surface area contributed by atoms with E-state index in [2.05, 4.69) is 0 Å². The number of nitrogens with one attached hydrogen (secondary N) is 1. The molecule has 2 unspecified atom stereocenters. The Morgan fingerprint density at radius 1 is 1.26 bits per heavy atom. The first kappa shape index (κ1) is 27.6. The van der Waals surface area contributed by atoms with Gasteiger partial charge in [-0.15, -0.1) is 4.52 Å². The minimum absolute atomic E-state index is 0.289. The molecule has 1 fully saturated rings. The fourth-order valence-corrected chi connectivity index (χ4v) is 4.97. The summed E-state index contributed by atoms with van der Waals surface area (Å²) in [7, 11) is -1.76. The number of fused-ring (bicyclic) bond motifs is 1. The summed E-state index contributed by atoms with van der Waals surface area (Å²) in [5.41, 5.74) is -4.10. The van der Waals surface area contributed by atoms with Gasteiger partial charge >= 0.3 is 19.8 Å². The Hall–Kier alpha value is -3.48. The number of aliphatic hydroxyl groups is 1. The van der Waals surface area contributed by atoms with Crippen LogP contribution >= 0.6 is 8.18 Å². The first-order chi connectivity index (χ1) is 18.0. The lowest BCUT2D eigenvalue weighted by Crippen LogP contribution is -2.43. The average molecular weight is 550 g/mol. The predicted molar refractivity (Wildman–Crippen MR) is 132 cm³/mol. The van der Waals surface area contributed by atoms with Gasteiger partial charge in [-0.05, 0) is 29.9 Å². The van der Waals surface area contributed by atoms with Gasteiger partial charge in [-0.1, -0.05) is 36.4 Å². The number of aromatic nitrogens is 2. The molecule has 1 aromatic heterocycles. The Kier molecular flexibility index (Phi) is 8.05.